The molecule has 82 valence electrons. The number of nitrogens with one attached hydrogen (secondary N) is 3. The van der Waals surface area contributed by atoms with Crippen LogP contribution in [0.3, 0.4) is 0 Å². The second-order valence-corrected chi connectivity index (χ2v) is 4.05. The molecule has 0 saturated heterocycles. The summed E-state index contributed by atoms with van der Waals surface area (Å²) in [6.45, 7) is 6.03. The molecule has 0 aromatic rings. The predicted octanol–water partition coefficient (Wildman–Crippen LogP) is 0.220. The van der Waals surface area contributed by atoms with Gasteiger partial charge in [-0.25, -0.2) is 4.79 Å². The zero-order valence-corrected chi connectivity index (χ0v) is 9.23. The summed E-state index contributed by atoms with van der Waals surface area (Å²) >= 11 is 0. The van der Waals surface area contributed by atoms with Crippen molar-refractivity contribution in [3.63, 3.8) is 0 Å². The van der Waals surface area contributed by atoms with Gasteiger partial charge in [0.05, 0.1) is 0 Å². The molecule has 0 aromatic carbocycles. The Hall–Kier alpha value is -1.26. The van der Waals surface area contributed by atoms with Crippen LogP contribution in [0.4, 0.5) is 4.79 Å². The van der Waals surface area contributed by atoms with E-state index >= 15 is 0 Å². The molecule has 0 rings (SSSR count). The number of carbonyl (C=O) groups is 2. The monoisotopic (exact) mass is 201 g/mol. The number of amides is 3. The van der Waals surface area contributed by atoms with Crippen molar-refractivity contribution in [3.05, 3.63) is 0 Å². The molecule has 3 N–H and O–H groups in total. The highest BCUT2D eigenvalue weighted by Crippen LogP contribution is 1.97. The lowest BCUT2D eigenvalue weighted by molar-refractivity contribution is -0.120. The Kier molecular flexibility index (Phi) is 4.97. The van der Waals surface area contributed by atoms with Crippen molar-refractivity contribution in [1.82, 2.24) is 16.0 Å². The molecule has 5 heteroatoms. The molecule has 0 atom stereocenters. The van der Waals surface area contributed by atoms with Gasteiger partial charge in [-0.05, 0) is 20.8 Å². The Morgan fingerprint density at radius 1 is 1.21 bits per heavy atom. The fraction of sp³-hybridized carbons (Fsp3) is 0.778. The molecular weight excluding hydrogens is 182 g/mol. The van der Waals surface area contributed by atoms with E-state index in [9.17, 15) is 9.59 Å². The van der Waals surface area contributed by atoms with E-state index in [0.29, 0.717) is 13.0 Å². The van der Waals surface area contributed by atoms with Crippen molar-refractivity contribution in [2.24, 2.45) is 0 Å². The standard InChI is InChI=1S/C9H19N3O2/c1-9(2,3)12-8(14)11-6-5-7(13)10-4/h5-6H2,1-4H3,(H,10,13)(H2,11,12,14). The first kappa shape index (κ1) is 12.7. The third-order valence-corrected chi connectivity index (χ3v) is 1.40. The van der Waals surface area contributed by atoms with Gasteiger partial charge in [-0.3, -0.25) is 4.79 Å². The molecule has 0 radical (unpaired) electrons. The average Bonchev–Trinajstić information content (AvgIpc) is 2.00. The summed E-state index contributed by atoms with van der Waals surface area (Å²) in [6, 6.07) is -0.249. The minimum atomic E-state index is -0.253. The minimum absolute atomic E-state index is 0.0824. The van der Waals surface area contributed by atoms with E-state index in [4.69, 9.17) is 0 Å². The summed E-state index contributed by atoms with van der Waals surface area (Å²) in [7, 11) is 1.57. The van der Waals surface area contributed by atoms with Crippen LogP contribution in [0.25, 0.3) is 0 Å². The Balaban J connectivity index is 3.60. The Morgan fingerprint density at radius 2 is 1.79 bits per heavy atom. The van der Waals surface area contributed by atoms with Gasteiger partial charge in [0.2, 0.25) is 5.91 Å². The topological polar surface area (TPSA) is 70.2 Å². The lowest BCUT2D eigenvalue weighted by Gasteiger charge is -2.20. The molecule has 0 saturated carbocycles. The van der Waals surface area contributed by atoms with E-state index in [1.165, 1.54) is 0 Å². The quantitative estimate of drug-likeness (QED) is 0.611. The van der Waals surface area contributed by atoms with Gasteiger partial charge in [0.25, 0.3) is 0 Å². The molecule has 0 aliphatic heterocycles. The second-order valence-electron chi connectivity index (χ2n) is 4.05. The molecule has 0 spiro atoms. The van der Waals surface area contributed by atoms with Gasteiger partial charge in [0.1, 0.15) is 0 Å². The molecule has 0 aromatic heterocycles. The summed E-state index contributed by atoms with van der Waals surface area (Å²) in [4.78, 5) is 22.0. The highest BCUT2D eigenvalue weighted by molar-refractivity contribution is 5.78. The van der Waals surface area contributed by atoms with Crippen LogP contribution in [-0.2, 0) is 4.79 Å². The van der Waals surface area contributed by atoms with Crippen LogP contribution in [0.2, 0.25) is 0 Å². The fourth-order valence-electron chi connectivity index (χ4n) is 0.799. The second kappa shape index (κ2) is 5.47. The third kappa shape index (κ3) is 7.39. The number of hydrogen-bond donors (Lipinski definition) is 3. The molecule has 0 unspecified atom stereocenters. The van der Waals surface area contributed by atoms with Crippen molar-refractivity contribution in [2.75, 3.05) is 13.6 Å². The SMILES string of the molecule is CNC(=O)CCNC(=O)NC(C)(C)C. The zero-order chi connectivity index (χ0) is 11.2. The lowest BCUT2D eigenvalue weighted by Crippen LogP contribution is -2.47. The molecule has 0 fully saturated rings. The Morgan fingerprint density at radius 3 is 2.21 bits per heavy atom. The van der Waals surface area contributed by atoms with Crippen LogP contribution in [0.15, 0.2) is 0 Å². The summed E-state index contributed by atoms with van der Waals surface area (Å²) in [5, 5.41) is 7.80. The molecule has 0 heterocycles. The molecule has 0 bridgehead atoms. The summed E-state index contributed by atoms with van der Waals surface area (Å²) in [6.07, 6.45) is 0.300. The van der Waals surface area contributed by atoms with Crippen LogP contribution in [-0.4, -0.2) is 31.1 Å². The van der Waals surface area contributed by atoms with Gasteiger partial charge in [-0.2, -0.15) is 0 Å². The first-order valence-corrected chi connectivity index (χ1v) is 4.62. The first-order chi connectivity index (χ1) is 6.35. The highest BCUT2D eigenvalue weighted by Gasteiger charge is 2.12. The average molecular weight is 201 g/mol. The normalized spacial score (nSPS) is 10.6. The van der Waals surface area contributed by atoms with E-state index in [1.807, 2.05) is 20.8 Å². The molecule has 14 heavy (non-hydrogen) atoms. The summed E-state index contributed by atoms with van der Waals surface area (Å²) in [5.74, 6) is -0.0824. The molecular formula is C9H19N3O2. The molecule has 5 nitrogen and oxygen atoms in total. The Labute approximate surface area is 84.6 Å². The maximum Gasteiger partial charge on any atom is 0.315 e. The van der Waals surface area contributed by atoms with Gasteiger partial charge in [0, 0.05) is 25.6 Å². The van der Waals surface area contributed by atoms with Crippen LogP contribution in [0, 0.1) is 0 Å². The van der Waals surface area contributed by atoms with Gasteiger partial charge < -0.3 is 16.0 Å². The van der Waals surface area contributed by atoms with Gasteiger partial charge in [-0.15, -0.1) is 0 Å². The Bertz CT molecular complexity index is 209. The number of urea groups is 1. The van der Waals surface area contributed by atoms with Crippen molar-refractivity contribution in [2.45, 2.75) is 32.7 Å². The highest BCUT2D eigenvalue weighted by atomic mass is 16.2. The van der Waals surface area contributed by atoms with Crippen molar-refractivity contribution >= 4 is 11.9 Å². The van der Waals surface area contributed by atoms with Crippen molar-refractivity contribution < 1.29 is 9.59 Å². The van der Waals surface area contributed by atoms with Gasteiger partial charge >= 0.3 is 6.03 Å². The largest absolute Gasteiger partial charge is 0.359 e. The molecule has 0 aliphatic carbocycles. The predicted molar refractivity (Wildman–Crippen MR) is 55.0 cm³/mol. The van der Waals surface area contributed by atoms with Crippen molar-refractivity contribution in [3.8, 4) is 0 Å². The summed E-state index contributed by atoms with van der Waals surface area (Å²) < 4.78 is 0. The smallest absolute Gasteiger partial charge is 0.315 e. The third-order valence-electron chi connectivity index (χ3n) is 1.40. The van der Waals surface area contributed by atoms with Crippen LogP contribution in [0.1, 0.15) is 27.2 Å². The van der Waals surface area contributed by atoms with Crippen LogP contribution < -0.4 is 16.0 Å². The van der Waals surface area contributed by atoms with E-state index in [1.54, 1.807) is 7.05 Å². The maximum atomic E-state index is 11.2. The number of hydrogen-bond acceptors (Lipinski definition) is 2. The number of rotatable bonds is 3. The lowest BCUT2D eigenvalue weighted by atomic mass is 10.1. The minimum Gasteiger partial charge on any atom is -0.359 e. The van der Waals surface area contributed by atoms with E-state index in [0.717, 1.165) is 0 Å². The molecule has 0 aliphatic rings. The van der Waals surface area contributed by atoms with Crippen LogP contribution in [0.5, 0.6) is 0 Å². The molecule has 3 amide bonds. The van der Waals surface area contributed by atoms with E-state index < -0.39 is 0 Å². The zero-order valence-electron chi connectivity index (χ0n) is 9.23. The van der Waals surface area contributed by atoms with Crippen molar-refractivity contribution in [1.29, 1.82) is 0 Å². The van der Waals surface area contributed by atoms with Gasteiger partial charge in [0.15, 0.2) is 0 Å². The first-order valence-electron chi connectivity index (χ1n) is 4.62. The van der Waals surface area contributed by atoms with Crippen LogP contribution >= 0.6 is 0 Å². The fourth-order valence-corrected chi connectivity index (χ4v) is 0.799. The van der Waals surface area contributed by atoms with E-state index in [2.05, 4.69) is 16.0 Å². The summed E-state index contributed by atoms with van der Waals surface area (Å²) in [5.41, 5.74) is -0.253. The van der Waals surface area contributed by atoms with Gasteiger partial charge in [-0.1, -0.05) is 0 Å². The van der Waals surface area contributed by atoms with E-state index in [-0.39, 0.29) is 17.5 Å². The number of carbonyl (C=O) groups excluding carboxylic acids is 2. The maximum absolute atomic E-state index is 11.2.